The van der Waals surface area contributed by atoms with E-state index < -0.39 is 0 Å². The second-order valence-corrected chi connectivity index (χ2v) is 6.03. The number of benzene rings is 1. The van der Waals surface area contributed by atoms with Gasteiger partial charge < -0.3 is 19.7 Å². The van der Waals surface area contributed by atoms with Crippen molar-refractivity contribution in [3.63, 3.8) is 0 Å². The second-order valence-electron chi connectivity index (χ2n) is 6.03. The molecule has 1 aromatic rings. The maximum absolute atomic E-state index is 12.2. The molecule has 140 valence electrons. The van der Waals surface area contributed by atoms with E-state index in [1.165, 1.54) is 6.92 Å². The maximum Gasteiger partial charge on any atom is 0.222 e. The highest BCUT2D eigenvalue weighted by atomic mass is 35.5. The van der Waals surface area contributed by atoms with Gasteiger partial charge in [-0.1, -0.05) is 0 Å². The molecular formula is C18H27ClN2O4. The zero-order valence-corrected chi connectivity index (χ0v) is 15.9. The van der Waals surface area contributed by atoms with E-state index in [4.69, 9.17) is 9.47 Å². The van der Waals surface area contributed by atoms with Crippen LogP contribution in [0.4, 0.5) is 0 Å². The Balaban J connectivity index is 0.00000312. The highest BCUT2D eigenvalue weighted by Crippen LogP contribution is 2.28. The lowest BCUT2D eigenvalue weighted by atomic mass is 10.1. The lowest BCUT2D eigenvalue weighted by Gasteiger charge is -2.23. The quantitative estimate of drug-likeness (QED) is 0.561. The molecule has 0 bridgehead atoms. The topological polar surface area (TPSA) is 67.9 Å². The van der Waals surface area contributed by atoms with Crippen LogP contribution in [0.3, 0.4) is 0 Å². The number of nitrogens with one attached hydrogen (secondary N) is 1. The third kappa shape index (κ3) is 5.90. The Morgan fingerprint density at radius 1 is 1.32 bits per heavy atom. The van der Waals surface area contributed by atoms with Crippen molar-refractivity contribution in [2.24, 2.45) is 0 Å². The number of likely N-dealkylation sites (N-methyl/N-ethyl adjacent to an activating group) is 1. The first-order valence-corrected chi connectivity index (χ1v) is 8.31. The van der Waals surface area contributed by atoms with Crippen LogP contribution < -0.4 is 14.8 Å². The first-order chi connectivity index (χ1) is 11.5. The van der Waals surface area contributed by atoms with Gasteiger partial charge in [0.25, 0.3) is 0 Å². The van der Waals surface area contributed by atoms with E-state index in [0.29, 0.717) is 42.6 Å². The minimum Gasteiger partial charge on any atom is -0.493 e. The van der Waals surface area contributed by atoms with Gasteiger partial charge in [-0.2, -0.15) is 0 Å². The molecule has 0 aromatic heterocycles. The van der Waals surface area contributed by atoms with Gasteiger partial charge in [-0.05, 0) is 44.5 Å². The van der Waals surface area contributed by atoms with Crippen LogP contribution in [-0.2, 0) is 4.79 Å². The van der Waals surface area contributed by atoms with Crippen LogP contribution in [0.25, 0.3) is 0 Å². The zero-order valence-electron chi connectivity index (χ0n) is 15.0. The molecule has 1 aliphatic rings. The summed E-state index contributed by atoms with van der Waals surface area (Å²) in [5.41, 5.74) is 0.584. The number of halogens is 1. The van der Waals surface area contributed by atoms with Crippen LogP contribution in [0, 0.1) is 0 Å². The normalized spacial score (nSPS) is 16.0. The van der Waals surface area contributed by atoms with Crippen molar-refractivity contribution < 1.29 is 19.1 Å². The predicted octanol–water partition coefficient (Wildman–Crippen LogP) is 2.30. The standard InChI is InChI=1S/C18H26N2O4.ClH/c1-13(21)14-6-7-16(17(11-14)23-3)24-10-4-5-18(22)20(2)15-8-9-19-12-15;/h6-7,11,15,19H,4-5,8-10,12H2,1-3H3;1H. The summed E-state index contributed by atoms with van der Waals surface area (Å²) in [4.78, 5) is 25.4. The highest BCUT2D eigenvalue weighted by molar-refractivity contribution is 5.94. The first kappa shape index (κ1) is 21.3. The molecule has 0 saturated carbocycles. The monoisotopic (exact) mass is 370 g/mol. The van der Waals surface area contributed by atoms with Gasteiger partial charge in [0.15, 0.2) is 17.3 Å². The molecule has 1 aliphatic heterocycles. The van der Waals surface area contributed by atoms with E-state index >= 15 is 0 Å². The lowest BCUT2D eigenvalue weighted by molar-refractivity contribution is -0.131. The molecule has 25 heavy (non-hydrogen) atoms. The van der Waals surface area contributed by atoms with E-state index in [1.807, 2.05) is 11.9 Å². The van der Waals surface area contributed by atoms with Gasteiger partial charge in [0.1, 0.15) is 0 Å². The van der Waals surface area contributed by atoms with Crippen molar-refractivity contribution in [2.75, 3.05) is 33.9 Å². The van der Waals surface area contributed by atoms with Crippen LogP contribution in [-0.4, -0.2) is 56.5 Å². The molecule has 1 amide bonds. The maximum atomic E-state index is 12.2. The Morgan fingerprint density at radius 3 is 2.68 bits per heavy atom. The van der Waals surface area contributed by atoms with Crippen molar-refractivity contribution in [2.45, 2.75) is 32.2 Å². The summed E-state index contributed by atoms with van der Waals surface area (Å²) in [7, 11) is 3.41. The summed E-state index contributed by atoms with van der Waals surface area (Å²) in [6.07, 6.45) is 2.11. The van der Waals surface area contributed by atoms with Gasteiger partial charge in [-0.25, -0.2) is 0 Å². The van der Waals surface area contributed by atoms with Crippen molar-refractivity contribution in [3.8, 4) is 11.5 Å². The summed E-state index contributed by atoms with van der Waals surface area (Å²) >= 11 is 0. The van der Waals surface area contributed by atoms with E-state index in [0.717, 1.165) is 19.5 Å². The Kier molecular flexibility index (Phi) is 8.72. The average Bonchev–Trinajstić information content (AvgIpc) is 3.12. The Hall–Kier alpha value is -1.79. The van der Waals surface area contributed by atoms with E-state index in [1.54, 1.807) is 25.3 Å². The van der Waals surface area contributed by atoms with Crippen molar-refractivity contribution in [1.82, 2.24) is 10.2 Å². The van der Waals surface area contributed by atoms with Gasteiger partial charge in [-0.15, -0.1) is 12.4 Å². The summed E-state index contributed by atoms with van der Waals surface area (Å²) in [6.45, 7) is 3.79. The van der Waals surface area contributed by atoms with Crippen LogP contribution >= 0.6 is 12.4 Å². The molecular weight excluding hydrogens is 344 g/mol. The number of rotatable bonds is 8. The van der Waals surface area contributed by atoms with Crippen molar-refractivity contribution in [1.29, 1.82) is 0 Å². The van der Waals surface area contributed by atoms with E-state index in [9.17, 15) is 9.59 Å². The highest BCUT2D eigenvalue weighted by Gasteiger charge is 2.22. The largest absolute Gasteiger partial charge is 0.493 e. The minimum absolute atomic E-state index is 0. The Bertz CT molecular complexity index is 588. The van der Waals surface area contributed by atoms with Gasteiger partial charge in [-0.3, -0.25) is 9.59 Å². The number of carbonyl (C=O) groups is 2. The van der Waals surface area contributed by atoms with Gasteiger partial charge >= 0.3 is 0 Å². The smallest absolute Gasteiger partial charge is 0.222 e. The summed E-state index contributed by atoms with van der Waals surface area (Å²) in [5.74, 6) is 1.24. The molecule has 0 spiro atoms. The predicted molar refractivity (Wildman–Crippen MR) is 99.0 cm³/mol. The third-order valence-corrected chi connectivity index (χ3v) is 4.34. The van der Waals surface area contributed by atoms with Crippen molar-refractivity contribution >= 4 is 24.1 Å². The number of nitrogens with zero attached hydrogens (tertiary/aromatic N) is 1. The number of hydrogen-bond donors (Lipinski definition) is 1. The second kappa shape index (κ2) is 10.3. The summed E-state index contributed by atoms with van der Waals surface area (Å²) in [6, 6.07) is 5.42. The molecule has 0 aliphatic carbocycles. The Morgan fingerprint density at radius 2 is 2.08 bits per heavy atom. The average molecular weight is 371 g/mol. The van der Waals surface area contributed by atoms with Crippen LogP contribution in [0.2, 0.25) is 0 Å². The molecule has 2 rings (SSSR count). The van der Waals surface area contributed by atoms with Gasteiger partial charge in [0, 0.05) is 31.6 Å². The fourth-order valence-corrected chi connectivity index (χ4v) is 2.76. The van der Waals surface area contributed by atoms with Gasteiger partial charge in [0.05, 0.1) is 13.7 Å². The number of Topliss-reactive ketones (excluding diaryl/α,β-unsaturated/α-hetero) is 1. The molecule has 1 heterocycles. The third-order valence-electron chi connectivity index (χ3n) is 4.34. The van der Waals surface area contributed by atoms with E-state index in [2.05, 4.69) is 5.32 Å². The molecule has 1 N–H and O–H groups in total. The zero-order chi connectivity index (χ0) is 17.5. The molecule has 1 aromatic carbocycles. The number of methoxy groups -OCH3 is 1. The molecule has 7 heteroatoms. The molecule has 0 radical (unpaired) electrons. The van der Waals surface area contributed by atoms with Crippen LogP contribution in [0.5, 0.6) is 11.5 Å². The van der Waals surface area contributed by atoms with E-state index in [-0.39, 0.29) is 24.1 Å². The number of ketones is 1. The number of carbonyl (C=O) groups excluding carboxylic acids is 2. The molecule has 1 fully saturated rings. The SMILES string of the molecule is COc1cc(C(C)=O)ccc1OCCCC(=O)N(C)C1CCNC1.Cl. The molecule has 1 saturated heterocycles. The lowest BCUT2D eigenvalue weighted by Crippen LogP contribution is -2.38. The number of hydrogen-bond acceptors (Lipinski definition) is 5. The molecule has 1 unspecified atom stereocenters. The summed E-state index contributed by atoms with van der Waals surface area (Å²) < 4.78 is 11.0. The molecule has 6 nitrogen and oxygen atoms in total. The Labute approximate surface area is 155 Å². The number of ether oxygens (including phenoxy) is 2. The fourth-order valence-electron chi connectivity index (χ4n) is 2.76. The molecule has 1 atom stereocenters. The van der Waals surface area contributed by atoms with Crippen LogP contribution in [0.1, 0.15) is 36.5 Å². The minimum atomic E-state index is -0.0186. The first-order valence-electron chi connectivity index (χ1n) is 8.31. The van der Waals surface area contributed by atoms with Gasteiger partial charge in [0.2, 0.25) is 5.91 Å². The van der Waals surface area contributed by atoms with Crippen molar-refractivity contribution in [3.05, 3.63) is 23.8 Å². The van der Waals surface area contributed by atoms with Crippen LogP contribution in [0.15, 0.2) is 18.2 Å². The fraction of sp³-hybridized carbons (Fsp3) is 0.556. The number of amides is 1. The summed E-state index contributed by atoms with van der Waals surface area (Å²) in [5, 5.41) is 3.27.